The van der Waals surface area contributed by atoms with E-state index in [0.29, 0.717) is 0 Å². The summed E-state index contributed by atoms with van der Waals surface area (Å²) in [6, 6.07) is 6.41. The van der Waals surface area contributed by atoms with Crippen LogP contribution in [-0.2, 0) is 12.8 Å². The molecule has 1 aliphatic heterocycles. The molecule has 0 unspecified atom stereocenters. The van der Waals surface area contributed by atoms with Gasteiger partial charge in [0.2, 0.25) is 0 Å². The highest BCUT2D eigenvalue weighted by atomic mass is 14.9. The zero-order chi connectivity index (χ0) is 13.4. The number of hydrogen-bond donors (Lipinski definition) is 2. The molecule has 3 heterocycles. The zero-order valence-corrected chi connectivity index (χ0v) is 11.2. The van der Waals surface area contributed by atoms with Gasteiger partial charge in [-0.3, -0.25) is 0 Å². The van der Waals surface area contributed by atoms with E-state index < -0.39 is 0 Å². The Balaban J connectivity index is 2.00. The first kappa shape index (κ1) is 11.6. The van der Waals surface area contributed by atoms with E-state index in [-0.39, 0.29) is 0 Å². The summed E-state index contributed by atoms with van der Waals surface area (Å²) in [7, 11) is 0. The lowest BCUT2D eigenvalue weighted by atomic mass is 9.98. The SMILES string of the molecule is c1cc(-c2cncnc2)c2c3c([nH]c2c1)CCNCC3. The van der Waals surface area contributed by atoms with Gasteiger partial charge < -0.3 is 10.3 Å². The first-order valence-corrected chi connectivity index (χ1v) is 7.02. The summed E-state index contributed by atoms with van der Waals surface area (Å²) >= 11 is 0. The first-order valence-electron chi connectivity index (χ1n) is 7.02. The molecule has 4 heteroatoms. The van der Waals surface area contributed by atoms with Gasteiger partial charge in [0.15, 0.2) is 0 Å². The zero-order valence-electron chi connectivity index (χ0n) is 11.2. The molecule has 1 aromatic carbocycles. The van der Waals surface area contributed by atoms with E-state index in [0.717, 1.165) is 31.5 Å². The quantitative estimate of drug-likeness (QED) is 0.709. The molecule has 2 aromatic heterocycles. The van der Waals surface area contributed by atoms with Gasteiger partial charge in [-0.05, 0) is 30.2 Å². The van der Waals surface area contributed by atoms with Gasteiger partial charge in [-0.25, -0.2) is 9.97 Å². The van der Waals surface area contributed by atoms with Gasteiger partial charge in [0, 0.05) is 47.5 Å². The molecule has 0 amide bonds. The number of aromatic amines is 1. The Labute approximate surface area is 117 Å². The van der Waals surface area contributed by atoms with E-state index in [1.165, 1.54) is 27.7 Å². The summed E-state index contributed by atoms with van der Waals surface area (Å²) in [6.45, 7) is 2.09. The Morgan fingerprint density at radius 3 is 2.75 bits per heavy atom. The molecule has 0 spiro atoms. The maximum absolute atomic E-state index is 4.15. The van der Waals surface area contributed by atoms with Crippen LogP contribution in [0, 0.1) is 0 Å². The van der Waals surface area contributed by atoms with Crippen molar-refractivity contribution >= 4 is 10.9 Å². The van der Waals surface area contributed by atoms with Crippen LogP contribution in [0.1, 0.15) is 11.3 Å². The summed E-state index contributed by atoms with van der Waals surface area (Å²) in [5.74, 6) is 0. The van der Waals surface area contributed by atoms with Gasteiger partial charge in [-0.2, -0.15) is 0 Å². The second kappa shape index (κ2) is 4.72. The highest BCUT2D eigenvalue weighted by molar-refractivity contribution is 5.98. The molecule has 4 rings (SSSR count). The molecule has 1 aliphatic rings. The average Bonchev–Trinajstić information content (AvgIpc) is 2.70. The third-order valence-electron chi connectivity index (χ3n) is 3.99. The molecule has 20 heavy (non-hydrogen) atoms. The van der Waals surface area contributed by atoms with Gasteiger partial charge in [0.05, 0.1) is 0 Å². The van der Waals surface area contributed by atoms with Crippen molar-refractivity contribution in [2.24, 2.45) is 0 Å². The lowest BCUT2D eigenvalue weighted by Gasteiger charge is -2.05. The lowest BCUT2D eigenvalue weighted by Crippen LogP contribution is -2.16. The first-order chi connectivity index (χ1) is 9.93. The maximum atomic E-state index is 4.15. The van der Waals surface area contributed by atoms with Gasteiger partial charge in [0.25, 0.3) is 0 Å². The van der Waals surface area contributed by atoms with Crippen molar-refractivity contribution in [2.75, 3.05) is 13.1 Å². The van der Waals surface area contributed by atoms with E-state index in [4.69, 9.17) is 0 Å². The van der Waals surface area contributed by atoms with Crippen molar-refractivity contribution in [3.8, 4) is 11.1 Å². The van der Waals surface area contributed by atoms with Crippen molar-refractivity contribution in [1.29, 1.82) is 0 Å². The van der Waals surface area contributed by atoms with Crippen LogP contribution in [0.2, 0.25) is 0 Å². The molecule has 0 saturated heterocycles. The number of benzene rings is 1. The van der Waals surface area contributed by atoms with Crippen LogP contribution in [0.15, 0.2) is 36.9 Å². The van der Waals surface area contributed by atoms with Crippen LogP contribution in [0.5, 0.6) is 0 Å². The second-order valence-electron chi connectivity index (χ2n) is 5.19. The Hall–Kier alpha value is -2.20. The fourth-order valence-electron chi connectivity index (χ4n) is 3.09. The Morgan fingerprint density at radius 2 is 1.85 bits per heavy atom. The van der Waals surface area contributed by atoms with Gasteiger partial charge in [-0.15, -0.1) is 0 Å². The Kier molecular flexibility index (Phi) is 2.74. The minimum atomic E-state index is 1.04. The summed E-state index contributed by atoms with van der Waals surface area (Å²) in [6.07, 6.45) is 7.48. The van der Waals surface area contributed by atoms with Gasteiger partial charge in [0.1, 0.15) is 6.33 Å². The van der Waals surface area contributed by atoms with Gasteiger partial charge in [-0.1, -0.05) is 12.1 Å². The summed E-state index contributed by atoms with van der Waals surface area (Å²) in [5, 5.41) is 4.79. The van der Waals surface area contributed by atoms with Crippen molar-refractivity contribution in [3.05, 3.63) is 48.2 Å². The fraction of sp³-hybridized carbons (Fsp3) is 0.250. The van der Waals surface area contributed by atoms with Gasteiger partial charge >= 0.3 is 0 Å². The minimum Gasteiger partial charge on any atom is -0.358 e. The van der Waals surface area contributed by atoms with Crippen LogP contribution in [0.4, 0.5) is 0 Å². The number of hydrogen-bond acceptors (Lipinski definition) is 3. The van der Waals surface area contributed by atoms with Crippen molar-refractivity contribution in [3.63, 3.8) is 0 Å². The predicted molar refractivity (Wildman–Crippen MR) is 79.6 cm³/mol. The number of H-pyrrole nitrogens is 1. The molecule has 0 bridgehead atoms. The third-order valence-corrected chi connectivity index (χ3v) is 3.99. The molecule has 4 nitrogen and oxygen atoms in total. The van der Waals surface area contributed by atoms with E-state index >= 15 is 0 Å². The molecule has 0 aliphatic carbocycles. The van der Waals surface area contributed by atoms with E-state index in [2.05, 4.69) is 38.5 Å². The largest absolute Gasteiger partial charge is 0.358 e. The second-order valence-corrected chi connectivity index (χ2v) is 5.19. The van der Waals surface area contributed by atoms with Crippen LogP contribution < -0.4 is 5.32 Å². The Morgan fingerprint density at radius 1 is 1.00 bits per heavy atom. The molecule has 0 radical (unpaired) electrons. The predicted octanol–water partition coefficient (Wildman–Crippen LogP) is 2.31. The molecular weight excluding hydrogens is 248 g/mol. The number of aromatic nitrogens is 3. The highest BCUT2D eigenvalue weighted by Crippen LogP contribution is 2.33. The molecule has 0 fully saturated rings. The average molecular weight is 264 g/mol. The van der Waals surface area contributed by atoms with E-state index in [9.17, 15) is 0 Å². The molecule has 2 N–H and O–H groups in total. The molecule has 0 saturated carbocycles. The highest BCUT2D eigenvalue weighted by Gasteiger charge is 2.17. The number of fused-ring (bicyclic) bond motifs is 3. The topological polar surface area (TPSA) is 53.6 Å². The van der Waals surface area contributed by atoms with Crippen LogP contribution in [0.25, 0.3) is 22.0 Å². The standard InChI is InChI=1S/C16H16N4/c1-2-12(11-8-18-10-19-9-11)16-13-4-6-17-7-5-14(13)20-15(16)3-1/h1-3,8-10,17,20H,4-7H2. The number of rotatable bonds is 1. The molecule has 3 aromatic rings. The number of nitrogens with one attached hydrogen (secondary N) is 2. The summed E-state index contributed by atoms with van der Waals surface area (Å²) in [4.78, 5) is 11.9. The summed E-state index contributed by atoms with van der Waals surface area (Å²) in [5.41, 5.74) is 6.34. The van der Waals surface area contributed by atoms with E-state index in [1.54, 1.807) is 6.33 Å². The lowest BCUT2D eigenvalue weighted by molar-refractivity contribution is 0.708. The molecular formula is C16H16N4. The smallest absolute Gasteiger partial charge is 0.115 e. The third kappa shape index (κ3) is 1.80. The van der Waals surface area contributed by atoms with Crippen molar-refractivity contribution in [2.45, 2.75) is 12.8 Å². The molecule has 100 valence electrons. The Bertz CT molecular complexity index is 746. The molecule has 0 atom stereocenters. The van der Waals surface area contributed by atoms with Crippen LogP contribution >= 0.6 is 0 Å². The van der Waals surface area contributed by atoms with Crippen LogP contribution in [-0.4, -0.2) is 28.0 Å². The van der Waals surface area contributed by atoms with E-state index in [1.807, 2.05) is 12.4 Å². The fourth-order valence-corrected chi connectivity index (χ4v) is 3.09. The normalized spacial score (nSPS) is 15.0. The number of nitrogens with zero attached hydrogens (tertiary/aromatic N) is 2. The maximum Gasteiger partial charge on any atom is 0.115 e. The van der Waals surface area contributed by atoms with Crippen LogP contribution in [0.3, 0.4) is 0 Å². The van der Waals surface area contributed by atoms with Crippen molar-refractivity contribution in [1.82, 2.24) is 20.3 Å². The minimum absolute atomic E-state index is 1.04. The van der Waals surface area contributed by atoms with Crippen molar-refractivity contribution < 1.29 is 0 Å². The summed E-state index contributed by atoms with van der Waals surface area (Å²) < 4.78 is 0. The monoisotopic (exact) mass is 264 g/mol.